The third-order valence-electron chi connectivity index (χ3n) is 1.51. The first-order valence-corrected chi connectivity index (χ1v) is 4.39. The van der Waals surface area contributed by atoms with Crippen molar-refractivity contribution in [1.29, 1.82) is 0 Å². The van der Waals surface area contributed by atoms with Gasteiger partial charge in [-0.25, -0.2) is 4.79 Å². The highest BCUT2D eigenvalue weighted by Gasteiger charge is 2.11. The minimum absolute atomic E-state index is 0.120. The predicted molar refractivity (Wildman–Crippen MR) is 50.8 cm³/mol. The molecule has 2 nitrogen and oxygen atoms in total. The second kappa shape index (κ2) is 3.46. The zero-order valence-corrected chi connectivity index (χ0v) is 8.61. The molecule has 0 atom stereocenters. The van der Waals surface area contributed by atoms with E-state index >= 15 is 0 Å². The van der Waals surface area contributed by atoms with Crippen LogP contribution in [0.25, 0.3) is 0 Å². The molecule has 0 amide bonds. The van der Waals surface area contributed by atoms with Gasteiger partial charge in [0.2, 0.25) is 0 Å². The number of benzene rings is 1. The maximum absolute atomic E-state index is 10.6. The molecule has 0 aliphatic rings. The molecule has 0 aliphatic carbocycles. The molecule has 0 saturated carbocycles. The highest BCUT2D eigenvalue weighted by atomic mass is 79.9. The van der Waals surface area contributed by atoms with Crippen molar-refractivity contribution < 1.29 is 9.90 Å². The molecule has 0 fully saturated rings. The van der Waals surface area contributed by atoms with Crippen molar-refractivity contribution >= 4 is 33.5 Å². The van der Waals surface area contributed by atoms with Crippen LogP contribution in [0.4, 0.5) is 0 Å². The lowest BCUT2D eigenvalue weighted by Crippen LogP contribution is -1.98. The van der Waals surface area contributed by atoms with Gasteiger partial charge in [0.05, 0.1) is 10.6 Å². The molecule has 0 spiro atoms. The van der Waals surface area contributed by atoms with Crippen LogP contribution in [-0.2, 0) is 0 Å². The molecule has 0 heterocycles. The van der Waals surface area contributed by atoms with Crippen molar-refractivity contribution in [1.82, 2.24) is 0 Å². The van der Waals surface area contributed by atoms with E-state index in [9.17, 15) is 4.79 Å². The molecule has 1 N–H and O–H groups in total. The number of rotatable bonds is 1. The minimum atomic E-state index is -1.01. The molecule has 1 aromatic rings. The molecule has 4 heteroatoms. The molecule has 0 aliphatic heterocycles. The van der Waals surface area contributed by atoms with Crippen LogP contribution in [0.5, 0.6) is 0 Å². The van der Waals surface area contributed by atoms with E-state index in [1.807, 2.05) is 6.92 Å². The molecule has 1 rings (SSSR count). The van der Waals surface area contributed by atoms with Gasteiger partial charge in [-0.2, -0.15) is 0 Å². The summed E-state index contributed by atoms with van der Waals surface area (Å²) in [4.78, 5) is 10.6. The van der Waals surface area contributed by atoms with Gasteiger partial charge in [0.1, 0.15) is 0 Å². The summed E-state index contributed by atoms with van der Waals surface area (Å²) in [7, 11) is 0. The highest BCUT2D eigenvalue weighted by Crippen LogP contribution is 2.29. The fourth-order valence-electron chi connectivity index (χ4n) is 0.811. The van der Waals surface area contributed by atoms with Crippen molar-refractivity contribution in [2.45, 2.75) is 6.92 Å². The Bertz CT molecular complexity index is 336. The predicted octanol–water partition coefficient (Wildman–Crippen LogP) is 3.11. The van der Waals surface area contributed by atoms with Gasteiger partial charge in [0, 0.05) is 4.47 Å². The zero-order valence-electron chi connectivity index (χ0n) is 6.27. The van der Waals surface area contributed by atoms with Gasteiger partial charge in [-0.15, -0.1) is 0 Å². The lowest BCUT2D eigenvalue weighted by molar-refractivity contribution is 0.0697. The number of hydrogen-bond donors (Lipinski definition) is 1. The average molecular weight is 249 g/mol. The summed E-state index contributed by atoms with van der Waals surface area (Å²) in [5, 5.41) is 8.93. The topological polar surface area (TPSA) is 37.3 Å². The molecule has 64 valence electrons. The van der Waals surface area contributed by atoms with Gasteiger partial charge < -0.3 is 5.11 Å². The standard InChI is InChI=1S/C8H6BrClO2/c1-4-2-3-5(8(11)12)7(10)6(4)9/h2-3H,1H3,(H,11,12). The SMILES string of the molecule is Cc1ccc(C(=O)O)c(Cl)c1Br. The molecule has 0 bridgehead atoms. The molecule has 0 saturated heterocycles. The first-order valence-electron chi connectivity index (χ1n) is 3.22. The number of carboxylic acid groups (broad SMARTS) is 1. The van der Waals surface area contributed by atoms with E-state index in [1.54, 1.807) is 6.07 Å². The minimum Gasteiger partial charge on any atom is -0.478 e. The Morgan fingerprint density at radius 1 is 1.58 bits per heavy atom. The molecular weight excluding hydrogens is 243 g/mol. The summed E-state index contributed by atoms with van der Waals surface area (Å²) < 4.78 is 0.643. The lowest BCUT2D eigenvalue weighted by atomic mass is 10.1. The first kappa shape index (κ1) is 9.55. The number of halogens is 2. The summed E-state index contributed by atoms with van der Waals surface area (Å²) in [5.74, 6) is -1.01. The third kappa shape index (κ3) is 1.62. The van der Waals surface area contributed by atoms with Crippen LogP contribution in [0.3, 0.4) is 0 Å². The van der Waals surface area contributed by atoms with Crippen LogP contribution >= 0.6 is 27.5 Å². The summed E-state index contributed by atoms with van der Waals surface area (Å²) in [6.45, 7) is 1.85. The van der Waals surface area contributed by atoms with E-state index in [4.69, 9.17) is 16.7 Å². The smallest absolute Gasteiger partial charge is 0.337 e. The van der Waals surface area contributed by atoms with Crippen LogP contribution in [0, 0.1) is 6.92 Å². The fourth-order valence-corrected chi connectivity index (χ4v) is 1.45. The van der Waals surface area contributed by atoms with Crippen LogP contribution in [0.2, 0.25) is 5.02 Å². The summed E-state index contributed by atoms with van der Waals surface area (Å²) in [6.07, 6.45) is 0. The Hall–Kier alpha value is -0.540. The summed E-state index contributed by atoms with van der Waals surface area (Å²) in [6, 6.07) is 3.20. The van der Waals surface area contributed by atoms with Crippen LogP contribution in [-0.4, -0.2) is 11.1 Å². The van der Waals surface area contributed by atoms with Gasteiger partial charge in [0.25, 0.3) is 0 Å². The van der Waals surface area contributed by atoms with E-state index in [1.165, 1.54) is 6.07 Å². The molecule has 12 heavy (non-hydrogen) atoms. The normalized spacial score (nSPS) is 9.92. The Labute approximate surface area is 83.3 Å². The van der Waals surface area contributed by atoms with E-state index < -0.39 is 5.97 Å². The molecular formula is C8H6BrClO2. The monoisotopic (exact) mass is 248 g/mol. The molecule has 1 aromatic carbocycles. The zero-order chi connectivity index (χ0) is 9.30. The quantitative estimate of drug-likeness (QED) is 0.830. The lowest BCUT2D eigenvalue weighted by Gasteiger charge is -2.03. The van der Waals surface area contributed by atoms with Crippen molar-refractivity contribution in [3.05, 3.63) is 32.8 Å². The number of carboxylic acids is 1. The fraction of sp³-hybridized carbons (Fsp3) is 0.125. The Balaban J connectivity index is 3.36. The molecule has 0 aromatic heterocycles. The van der Waals surface area contributed by atoms with Gasteiger partial charge in [-0.3, -0.25) is 0 Å². The van der Waals surface area contributed by atoms with Crippen molar-refractivity contribution in [2.75, 3.05) is 0 Å². The van der Waals surface area contributed by atoms with Gasteiger partial charge in [-0.05, 0) is 34.5 Å². The van der Waals surface area contributed by atoms with E-state index in [0.29, 0.717) is 4.47 Å². The highest BCUT2D eigenvalue weighted by molar-refractivity contribution is 9.10. The van der Waals surface area contributed by atoms with Crippen molar-refractivity contribution in [3.8, 4) is 0 Å². The maximum Gasteiger partial charge on any atom is 0.337 e. The third-order valence-corrected chi connectivity index (χ3v) is 3.15. The maximum atomic E-state index is 10.6. The second-order valence-electron chi connectivity index (χ2n) is 2.36. The Morgan fingerprint density at radius 2 is 2.17 bits per heavy atom. The van der Waals surface area contributed by atoms with E-state index in [0.717, 1.165) is 5.56 Å². The number of aryl methyl sites for hydroxylation is 1. The second-order valence-corrected chi connectivity index (χ2v) is 3.53. The molecule has 0 unspecified atom stereocenters. The average Bonchev–Trinajstić information content (AvgIpc) is 2.00. The van der Waals surface area contributed by atoms with Gasteiger partial charge in [0.15, 0.2) is 0 Å². The Morgan fingerprint density at radius 3 is 2.67 bits per heavy atom. The van der Waals surface area contributed by atoms with Crippen LogP contribution < -0.4 is 0 Å². The number of hydrogen-bond acceptors (Lipinski definition) is 1. The van der Waals surface area contributed by atoms with E-state index in [2.05, 4.69) is 15.9 Å². The summed E-state index contributed by atoms with van der Waals surface area (Å²) >= 11 is 8.97. The van der Waals surface area contributed by atoms with Crippen molar-refractivity contribution in [2.24, 2.45) is 0 Å². The van der Waals surface area contributed by atoms with Gasteiger partial charge >= 0.3 is 5.97 Å². The number of aromatic carboxylic acids is 1. The van der Waals surface area contributed by atoms with Gasteiger partial charge in [-0.1, -0.05) is 17.7 Å². The summed E-state index contributed by atoms with van der Waals surface area (Å²) in [5.41, 5.74) is 1.04. The number of carbonyl (C=O) groups is 1. The largest absolute Gasteiger partial charge is 0.478 e. The van der Waals surface area contributed by atoms with Crippen LogP contribution in [0.1, 0.15) is 15.9 Å². The molecule has 0 radical (unpaired) electrons. The first-order chi connectivity index (χ1) is 5.54. The van der Waals surface area contributed by atoms with E-state index in [-0.39, 0.29) is 10.6 Å². The Kier molecular flexibility index (Phi) is 2.75. The van der Waals surface area contributed by atoms with Crippen molar-refractivity contribution in [3.63, 3.8) is 0 Å². The van der Waals surface area contributed by atoms with Crippen LogP contribution in [0.15, 0.2) is 16.6 Å².